The fraction of sp³-hybridized carbons (Fsp3) is 0.333. The Bertz CT molecular complexity index is 1160. The first-order valence-electron chi connectivity index (χ1n) is 12.1. The first-order chi connectivity index (χ1) is 17.6. The standard InChI is InChI=1S/C27H31N3O6.ClH/c31-26(28-11-15-35-23-9-7-20(8-10-23)27(32)29-33)18-22(19-34-16-14-30-12-3-4-13-30)25-17-21-5-1-2-6-24(21)36-25;/h1-2,5-10,17-18,33H,3-4,11-16,19H2,(H,28,31)(H,29,32);1H/b22-18+;. The second-order valence-corrected chi connectivity index (χ2v) is 8.52. The highest BCUT2D eigenvalue weighted by Gasteiger charge is 2.14. The maximum atomic E-state index is 12.6. The van der Waals surface area contributed by atoms with Gasteiger partial charge in [-0.15, -0.1) is 12.4 Å². The molecule has 2 aromatic carbocycles. The van der Waals surface area contributed by atoms with Gasteiger partial charge in [0.2, 0.25) is 5.91 Å². The van der Waals surface area contributed by atoms with E-state index in [2.05, 4.69) is 10.2 Å². The number of hydrogen-bond acceptors (Lipinski definition) is 7. The Morgan fingerprint density at radius 1 is 1.05 bits per heavy atom. The molecule has 10 heteroatoms. The SMILES string of the molecule is Cl.O=C(/C=C(\COCCN1CCCC1)c1cc2ccccc2o1)NCCOc1ccc(C(=O)NO)cc1. The van der Waals surface area contributed by atoms with E-state index in [4.69, 9.17) is 19.1 Å². The molecule has 0 aliphatic carbocycles. The fourth-order valence-corrected chi connectivity index (χ4v) is 4.03. The van der Waals surface area contributed by atoms with Crippen LogP contribution < -0.4 is 15.5 Å². The van der Waals surface area contributed by atoms with Crippen molar-refractivity contribution in [2.24, 2.45) is 0 Å². The van der Waals surface area contributed by atoms with E-state index in [9.17, 15) is 9.59 Å². The van der Waals surface area contributed by atoms with Crippen LogP contribution in [0.25, 0.3) is 16.5 Å². The number of likely N-dealkylation sites (tertiary alicyclic amines) is 1. The van der Waals surface area contributed by atoms with Gasteiger partial charge >= 0.3 is 0 Å². The molecule has 0 unspecified atom stereocenters. The van der Waals surface area contributed by atoms with Crippen LogP contribution in [0.5, 0.6) is 5.75 Å². The van der Waals surface area contributed by atoms with Gasteiger partial charge in [-0.3, -0.25) is 14.8 Å². The molecule has 0 atom stereocenters. The van der Waals surface area contributed by atoms with Crippen molar-refractivity contribution in [3.05, 3.63) is 72.0 Å². The Morgan fingerprint density at radius 2 is 1.81 bits per heavy atom. The number of nitrogens with zero attached hydrogens (tertiary/aromatic N) is 1. The van der Waals surface area contributed by atoms with Crippen molar-refractivity contribution in [1.82, 2.24) is 15.7 Å². The van der Waals surface area contributed by atoms with Crippen molar-refractivity contribution >= 4 is 40.8 Å². The zero-order valence-electron chi connectivity index (χ0n) is 20.5. The van der Waals surface area contributed by atoms with Crippen LogP contribution in [0.1, 0.15) is 29.0 Å². The lowest BCUT2D eigenvalue weighted by molar-refractivity contribution is -0.116. The number of furan rings is 1. The van der Waals surface area contributed by atoms with Gasteiger partial charge in [-0.05, 0) is 62.3 Å². The van der Waals surface area contributed by atoms with Crippen LogP contribution >= 0.6 is 12.4 Å². The maximum absolute atomic E-state index is 12.6. The van der Waals surface area contributed by atoms with Gasteiger partial charge in [0.1, 0.15) is 23.7 Å². The molecular formula is C27H32ClN3O6. The maximum Gasteiger partial charge on any atom is 0.274 e. The molecule has 3 N–H and O–H groups in total. The van der Waals surface area contributed by atoms with Crippen LogP contribution in [0, 0.1) is 0 Å². The number of ether oxygens (including phenoxy) is 2. The van der Waals surface area contributed by atoms with Crippen LogP contribution in [-0.2, 0) is 9.53 Å². The minimum Gasteiger partial charge on any atom is -0.492 e. The lowest BCUT2D eigenvalue weighted by atomic mass is 10.1. The van der Waals surface area contributed by atoms with E-state index in [1.54, 1.807) is 17.6 Å². The van der Waals surface area contributed by atoms with E-state index >= 15 is 0 Å². The average molecular weight is 530 g/mol. The first-order valence-corrected chi connectivity index (χ1v) is 12.1. The topological polar surface area (TPSA) is 113 Å². The Hall–Kier alpha value is -3.37. The number of rotatable bonds is 12. The Kier molecular flexibility index (Phi) is 11.0. The summed E-state index contributed by atoms with van der Waals surface area (Å²) in [6.45, 7) is 4.50. The summed E-state index contributed by atoms with van der Waals surface area (Å²) in [4.78, 5) is 26.4. The number of halogens is 1. The number of carbonyl (C=O) groups is 2. The second kappa shape index (κ2) is 14.4. The normalized spacial score (nSPS) is 13.8. The smallest absolute Gasteiger partial charge is 0.274 e. The van der Waals surface area contributed by atoms with Gasteiger partial charge in [0.25, 0.3) is 5.91 Å². The summed E-state index contributed by atoms with van der Waals surface area (Å²) in [6.07, 6.45) is 3.98. The molecule has 0 spiro atoms. The molecule has 1 aliphatic heterocycles. The summed E-state index contributed by atoms with van der Waals surface area (Å²) in [5.41, 5.74) is 3.31. The van der Waals surface area contributed by atoms with E-state index in [1.807, 2.05) is 30.3 Å². The minimum absolute atomic E-state index is 0. The van der Waals surface area contributed by atoms with Gasteiger partial charge in [0.05, 0.1) is 19.8 Å². The molecule has 1 aromatic heterocycles. The number of hydrogen-bond donors (Lipinski definition) is 3. The molecule has 0 saturated carbocycles. The molecule has 1 fully saturated rings. The van der Waals surface area contributed by atoms with Crippen molar-refractivity contribution in [2.45, 2.75) is 12.8 Å². The molecule has 4 rings (SSSR count). The highest BCUT2D eigenvalue weighted by atomic mass is 35.5. The molecule has 9 nitrogen and oxygen atoms in total. The third-order valence-corrected chi connectivity index (χ3v) is 5.94. The number of fused-ring (bicyclic) bond motifs is 1. The zero-order valence-corrected chi connectivity index (χ0v) is 21.3. The molecule has 0 radical (unpaired) electrons. The van der Waals surface area contributed by atoms with Crippen molar-refractivity contribution in [3.8, 4) is 5.75 Å². The van der Waals surface area contributed by atoms with E-state index in [-0.39, 0.29) is 38.1 Å². The lowest BCUT2D eigenvalue weighted by Crippen LogP contribution is -2.27. The van der Waals surface area contributed by atoms with Crippen LogP contribution in [0.4, 0.5) is 0 Å². The van der Waals surface area contributed by atoms with Crippen LogP contribution in [0.3, 0.4) is 0 Å². The minimum atomic E-state index is -0.596. The molecule has 3 aromatic rings. The predicted molar refractivity (Wildman–Crippen MR) is 142 cm³/mol. The van der Waals surface area contributed by atoms with Crippen molar-refractivity contribution in [3.63, 3.8) is 0 Å². The average Bonchev–Trinajstić information content (AvgIpc) is 3.58. The van der Waals surface area contributed by atoms with E-state index < -0.39 is 5.91 Å². The lowest BCUT2D eigenvalue weighted by Gasteiger charge is -2.14. The number of nitrogens with one attached hydrogen (secondary N) is 2. The third-order valence-electron chi connectivity index (χ3n) is 5.94. The zero-order chi connectivity index (χ0) is 25.2. The summed E-state index contributed by atoms with van der Waals surface area (Å²) in [5, 5.41) is 12.5. The van der Waals surface area contributed by atoms with Crippen molar-refractivity contribution in [2.75, 3.05) is 46.0 Å². The number of hydroxylamine groups is 1. The molecule has 198 valence electrons. The predicted octanol–water partition coefficient (Wildman–Crippen LogP) is 3.66. The van der Waals surface area contributed by atoms with Crippen LogP contribution in [-0.4, -0.2) is 67.9 Å². The van der Waals surface area contributed by atoms with Crippen molar-refractivity contribution < 1.29 is 28.7 Å². The van der Waals surface area contributed by atoms with Gasteiger partial charge in [0, 0.05) is 29.1 Å². The van der Waals surface area contributed by atoms with Gasteiger partial charge in [-0.25, -0.2) is 5.48 Å². The van der Waals surface area contributed by atoms with E-state index in [0.717, 1.165) is 30.6 Å². The van der Waals surface area contributed by atoms with E-state index in [0.29, 0.717) is 29.3 Å². The number of carbonyl (C=O) groups excluding carboxylic acids is 2. The molecule has 2 heterocycles. The monoisotopic (exact) mass is 529 g/mol. The number of para-hydroxylation sites is 1. The first kappa shape index (κ1) is 28.2. The summed E-state index contributed by atoms with van der Waals surface area (Å²) >= 11 is 0. The highest BCUT2D eigenvalue weighted by molar-refractivity contribution is 5.96. The number of benzene rings is 2. The van der Waals surface area contributed by atoms with Crippen LogP contribution in [0.15, 0.2) is 65.1 Å². The fourth-order valence-electron chi connectivity index (χ4n) is 4.03. The molecule has 2 amide bonds. The van der Waals surface area contributed by atoms with Crippen molar-refractivity contribution in [1.29, 1.82) is 0 Å². The van der Waals surface area contributed by atoms with Gasteiger partial charge in [-0.1, -0.05) is 18.2 Å². The van der Waals surface area contributed by atoms with Gasteiger partial charge in [0.15, 0.2) is 0 Å². The Balaban J connectivity index is 0.00000380. The summed E-state index contributed by atoms with van der Waals surface area (Å²) in [5.74, 6) is 0.285. The molecule has 37 heavy (non-hydrogen) atoms. The van der Waals surface area contributed by atoms with Gasteiger partial charge < -0.3 is 24.1 Å². The Morgan fingerprint density at radius 3 is 2.54 bits per heavy atom. The second-order valence-electron chi connectivity index (χ2n) is 8.52. The molecular weight excluding hydrogens is 498 g/mol. The summed E-state index contributed by atoms with van der Waals surface area (Å²) in [6, 6.07) is 15.9. The molecule has 1 saturated heterocycles. The quantitative estimate of drug-likeness (QED) is 0.142. The largest absolute Gasteiger partial charge is 0.492 e. The third kappa shape index (κ3) is 8.33. The van der Waals surface area contributed by atoms with E-state index in [1.165, 1.54) is 31.1 Å². The van der Waals surface area contributed by atoms with Crippen LogP contribution in [0.2, 0.25) is 0 Å². The molecule has 0 bridgehead atoms. The highest BCUT2D eigenvalue weighted by Crippen LogP contribution is 2.25. The summed E-state index contributed by atoms with van der Waals surface area (Å²) in [7, 11) is 0. The summed E-state index contributed by atoms with van der Waals surface area (Å²) < 4.78 is 17.5. The Labute approximate surface area is 221 Å². The molecule has 1 aliphatic rings. The van der Waals surface area contributed by atoms with Gasteiger partial charge in [-0.2, -0.15) is 0 Å². The number of amides is 2.